The molecular weight excluding hydrogens is 286 g/mol. The van der Waals surface area contributed by atoms with E-state index in [9.17, 15) is 4.79 Å². The van der Waals surface area contributed by atoms with Crippen LogP contribution in [0.5, 0.6) is 0 Å². The lowest BCUT2D eigenvalue weighted by Gasteiger charge is -2.21. The number of hydrogen-bond acceptors (Lipinski definition) is 5. The maximum atomic E-state index is 11.0. The van der Waals surface area contributed by atoms with Crippen LogP contribution in [0.3, 0.4) is 0 Å². The summed E-state index contributed by atoms with van der Waals surface area (Å²) in [4.78, 5) is 24.9. The molecule has 22 heavy (non-hydrogen) atoms. The van der Waals surface area contributed by atoms with E-state index >= 15 is 0 Å². The maximum absolute atomic E-state index is 11.0. The minimum absolute atomic E-state index is 0.228. The second-order valence-electron chi connectivity index (χ2n) is 5.37. The molecule has 0 saturated carbocycles. The molecule has 1 unspecified atom stereocenters. The first-order valence-corrected chi connectivity index (χ1v) is 6.96. The lowest BCUT2D eigenvalue weighted by molar-refractivity contribution is 0.129. The summed E-state index contributed by atoms with van der Waals surface area (Å²) in [6.45, 7) is 1.23. The number of nitrogens with one attached hydrogen (secondary N) is 1. The SMILES string of the molecule is NN(C(=O)O)C1CCN(c2ncc3cnc4[nH]ccc4n23)C1. The number of aromatic amines is 1. The van der Waals surface area contributed by atoms with Gasteiger partial charge in [0, 0.05) is 19.3 Å². The van der Waals surface area contributed by atoms with E-state index in [0.29, 0.717) is 19.5 Å². The number of aromatic nitrogens is 4. The Hall–Kier alpha value is -2.81. The van der Waals surface area contributed by atoms with Gasteiger partial charge in [-0.05, 0) is 12.5 Å². The molecule has 1 saturated heterocycles. The van der Waals surface area contributed by atoms with Crippen LogP contribution in [0.1, 0.15) is 6.42 Å². The van der Waals surface area contributed by atoms with Crippen LogP contribution in [0.25, 0.3) is 16.7 Å². The van der Waals surface area contributed by atoms with Crippen LogP contribution in [-0.2, 0) is 0 Å². The predicted molar refractivity (Wildman–Crippen MR) is 79.5 cm³/mol. The van der Waals surface area contributed by atoms with E-state index in [-0.39, 0.29) is 6.04 Å². The van der Waals surface area contributed by atoms with Gasteiger partial charge in [-0.25, -0.2) is 25.6 Å². The van der Waals surface area contributed by atoms with Crippen molar-refractivity contribution in [2.24, 2.45) is 5.84 Å². The Bertz CT molecular complexity index is 854. The summed E-state index contributed by atoms with van der Waals surface area (Å²) in [7, 11) is 0. The van der Waals surface area contributed by atoms with Crippen LogP contribution >= 0.6 is 0 Å². The smallest absolute Gasteiger partial charge is 0.421 e. The fourth-order valence-corrected chi connectivity index (χ4v) is 2.99. The van der Waals surface area contributed by atoms with Gasteiger partial charge in [0.15, 0.2) is 5.65 Å². The summed E-state index contributed by atoms with van der Waals surface area (Å²) >= 11 is 0. The predicted octanol–water partition coefficient (Wildman–Crippen LogP) is 0.643. The average molecular weight is 301 g/mol. The summed E-state index contributed by atoms with van der Waals surface area (Å²) in [5, 5.41) is 9.87. The summed E-state index contributed by atoms with van der Waals surface area (Å²) in [5.41, 5.74) is 2.62. The molecule has 114 valence electrons. The molecule has 0 radical (unpaired) electrons. The number of fused-ring (bicyclic) bond motifs is 3. The van der Waals surface area contributed by atoms with Crippen LogP contribution in [0.2, 0.25) is 0 Å². The highest BCUT2D eigenvalue weighted by molar-refractivity contribution is 5.77. The number of amides is 1. The number of nitrogens with two attached hydrogens (primary N) is 1. The molecule has 9 heteroatoms. The summed E-state index contributed by atoms with van der Waals surface area (Å²) in [5.74, 6) is 6.37. The van der Waals surface area contributed by atoms with Gasteiger partial charge in [-0.2, -0.15) is 0 Å². The number of nitrogens with zero attached hydrogens (tertiary/aromatic N) is 5. The van der Waals surface area contributed by atoms with E-state index in [1.54, 1.807) is 12.4 Å². The third-order valence-corrected chi connectivity index (χ3v) is 4.10. The monoisotopic (exact) mass is 301 g/mol. The molecule has 4 N–H and O–H groups in total. The van der Waals surface area contributed by atoms with Crippen LogP contribution in [0.15, 0.2) is 24.7 Å². The fourth-order valence-electron chi connectivity index (χ4n) is 2.99. The molecule has 1 atom stereocenters. The summed E-state index contributed by atoms with van der Waals surface area (Å²) in [6.07, 6.45) is 4.92. The Balaban J connectivity index is 1.73. The molecule has 1 aliphatic heterocycles. The molecule has 0 spiro atoms. The lowest BCUT2D eigenvalue weighted by Crippen LogP contribution is -2.46. The zero-order valence-corrected chi connectivity index (χ0v) is 11.7. The largest absolute Gasteiger partial charge is 0.464 e. The van der Waals surface area contributed by atoms with Crippen molar-refractivity contribution < 1.29 is 9.90 Å². The van der Waals surface area contributed by atoms with Crippen molar-refractivity contribution in [3.8, 4) is 0 Å². The van der Waals surface area contributed by atoms with Gasteiger partial charge in [0.1, 0.15) is 0 Å². The molecule has 4 heterocycles. The van der Waals surface area contributed by atoms with E-state index in [2.05, 4.69) is 15.0 Å². The molecule has 4 rings (SSSR count). The minimum atomic E-state index is -1.11. The van der Waals surface area contributed by atoms with E-state index < -0.39 is 6.09 Å². The number of anilines is 1. The Morgan fingerprint density at radius 1 is 1.45 bits per heavy atom. The van der Waals surface area contributed by atoms with Crippen molar-refractivity contribution >= 4 is 28.7 Å². The van der Waals surface area contributed by atoms with Crippen molar-refractivity contribution in [1.82, 2.24) is 24.4 Å². The number of carboxylic acid groups (broad SMARTS) is 1. The Morgan fingerprint density at radius 3 is 3.09 bits per heavy atom. The van der Waals surface area contributed by atoms with E-state index in [1.165, 1.54) is 0 Å². The van der Waals surface area contributed by atoms with E-state index in [0.717, 1.165) is 27.6 Å². The third-order valence-electron chi connectivity index (χ3n) is 4.10. The van der Waals surface area contributed by atoms with Gasteiger partial charge < -0.3 is 15.0 Å². The molecule has 3 aromatic heterocycles. The molecule has 0 bridgehead atoms. The first-order chi connectivity index (χ1) is 10.6. The zero-order chi connectivity index (χ0) is 15.3. The number of imidazole rings is 1. The van der Waals surface area contributed by atoms with E-state index in [4.69, 9.17) is 10.9 Å². The molecule has 0 aliphatic carbocycles. The van der Waals surface area contributed by atoms with Gasteiger partial charge in [0.25, 0.3) is 0 Å². The standard InChI is InChI=1S/C13H15N7O2/c14-20(13(21)22)8-2-4-18(7-8)12-17-6-9-5-16-11-10(19(9)12)1-3-15-11/h1,3,5-6,8,15H,2,4,7,14H2,(H,21,22). The molecule has 1 aliphatic rings. The highest BCUT2D eigenvalue weighted by atomic mass is 16.4. The van der Waals surface area contributed by atoms with Crippen molar-refractivity contribution in [2.45, 2.75) is 12.5 Å². The van der Waals surface area contributed by atoms with Gasteiger partial charge in [-0.3, -0.25) is 4.40 Å². The van der Waals surface area contributed by atoms with Gasteiger partial charge in [-0.15, -0.1) is 0 Å². The Kier molecular flexibility index (Phi) is 2.70. The minimum Gasteiger partial charge on any atom is -0.464 e. The molecule has 9 nitrogen and oxygen atoms in total. The number of carbonyl (C=O) groups is 1. The summed E-state index contributed by atoms with van der Waals surface area (Å²) in [6, 6.07) is 1.72. The van der Waals surface area contributed by atoms with Gasteiger partial charge in [0.05, 0.1) is 29.5 Å². The normalized spacial score (nSPS) is 18.4. The number of rotatable bonds is 2. The van der Waals surface area contributed by atoms with Crippen LogP contribution < -0.4 is 10.7 Å². The van der Waals surface area contributed by atoms with Crippen molar-refractivity contribution in [3.05, 3.63) is 24.7 Å². The van der Waals surface area contributed by atoms with Gasteiger partial charge in [-0.1, -0.05) is 0 Å². The number of hydrogen-bond donors (Lipinski definition) is 3. The maximum Gasteiger partial charge on any atom is 0.421 e. The first kappa shape index (κ1) is 12.9. The van der Waals surface area contributed by atoms with Gasteiger partial charge in [0.2, 0.25) is 5.95 Å². The number of hydrazine groups is 1. The van der Waals surface area contributed by atoms with E-state index in [1.807, 2.05) is 21.6 Å². The van der Waals surface area contributed by atoms with Crippen LogP contribution in [0, 0.1) is 0 Å². The van der Waals surface area contributed by atoms with Crippen LogP contribution in [0.4, 0.5) is 10.7 Å². The highest BCUT2D eigenvalue weighted by Gasteiger charge is 2.31. The zero-order valence-electron chi connectivity index (χ0n) is 11.7. The number of H-pyrrole nitrogens is 1. The topological polar surface area (TPSA) is 116 Å². The molecule has 1 amide bonds. The Labute approximate surface area is 124 Å². The fraction of sp³-hybridized carbons (Fsp3) is 0.308. The average Bonchev–Trinajstić information content (AvgIpc) is 3.22. The quantitative estimate of drug-likeness (QED) is 0.363. The van der Waals surface area contributed by atoms with Crippen molar-refractivity contribution in [3.63, 3.8) is 0 Å². The van der Waals surface area contributed by atoms with Crippen molar-refractivity contribution in [2.75, 3.05) is 18.0 Å². The van der Waals surface area contributed by atoms with Crippen molar-refractivity contribution in [1.29, 1.82) is 0 Å². The van der Waals surface area contributed by atoms with Gasteiger partial charge >= 0.3 is 6.09 Å². The third kappa shape index (κ3) is 1.79. The summed E-state index contributed by atoms with van der Waals surface area (Å²) < 4.78 is 2.02. The Morgan fingerprint density at radius 2 is 2.27 bits per heavy atom. The highest BCUT2D eigenvalue weighted by Crippen LogP contribution is 2.25. The first-order valence-electron chi connectivity index (χ1n) is 6.96. The molecular formula is C13H15N7O2. The molecule has 3 aromatic rings. The van der Waals surface area contributed by atoms with Crippen LogP contribution in [-0.4, -0.2) is 54.7 Å². The molecule has 1 fully saturated rings. The second kappa shape index (κ2) is 4.60. The lowest BCUT2D eigenvalue weighted by atomic mass is 10.2. The second-order valence-corrected chi connectivity index (χ2v) is 5.37. The molecule has 0 aromatic carbocycles.